The molecule has 0 amide bonds. The molecule has 5 heteroatoms. The van der Waals surface area contributed by atoms with Gasteiger partial charge in [-0.3, -0.25) is 0 Å². The van der Waals surface area contributed by atoms with Gasteiger partial charge in [0.15, 0.2) is 6.61 Å². The summed E-state index contributed by atoms with van der Waals surface area (Å²) in [4.78, 5) is 0. The van der Waals surface area contributed by atoms with E-state index in [4.69, 9.17) is 4.74 Å². The Bertz CT molecular complexity index is 363. The molecule has 0 unspecified atom stereocenters. The molecular weight excluding hydrogens is 231 g/mol. The van der Waals surface area contributed by atoms with Crippen molar-refractivity contribution in [3.05, 3.63) is 29.3 Å². The molecule has 1 N–H and O–H groups in total. The second-order valence-corrected chi connectivity index (χ2v) is 3.80. The van der Waals surface area contributed by atoms with Crippen LogP contribution in [0.15, 0.2) is 18.2 Å². The average molecular weight is 247 g/mol. The molecule has 0 saturated heterocycles. The molecule has 17 heavy (non-hydrogen) atoms. The highest BCUT2D eigenvalue weighted by atomic mass is 19.4. The highest BCUT2D eigenvalue weighted by molar-refractivity contribution is 5.36. The van der Waals surface area contributed by atoms with Crippen LogP contribution in [0.4, 0.5) is 13.2 Å². The zero-order valence-corrected chi connectivity index (χ0v) is 9.90. The third kappa shape index (κ3) is 5.08. The molecule has 0 aliphatic rings. The van der Waals surface area contributed by atoms with Crippen molar-refractivity contribution in [3.63, 3.8) is 0 Å². The van der Waals surface area contributed by atoms with Gasteiger partial charge in [-0.15, -0.1) is 0 Å². The van der Waals surface area contributed by atoms with Crippen LogP contribution >= 0.6 is 0 Å². The Hall–Kier alpha value is -1.23. The molecule has 0 heterocycles. The van der Waals surface area contributed by atoms with Gasteiger partial charge in [0, 0.05) is 12.1 Å². The summed E-state index contributed by atoms with van der Waals surface area (Å²) >= 11 is 0. The molecular formula is C12H16F3NO. The maximum Gasteiger partial charge on any atom is 0.422 e. The van der Waals surface area contributed by atoms with Crippen molar-refractivity contribution in [1.29, 1.82) is 0 Å². The van der Waals surface area contributed by atoms with Crippen LogP contribution in [0.1, 0.15) is 18.1 Å². The predicted molar refractivity (Wildman–Crippen MR) is 60.1 cm³/mol. The lowest BCUT2D eigenvalue weighted by atomic mass is 10.1. The van der Waals surface area contributed by atoms with Gasteiger partial charge >= 0.3 is 6.18 Å². The largest absolute Gasteiger partial charge is 0.484 e. The normalized spacial score (nSPS) is 11.6. The zero-order chi connectivity index (χ0) is 12.9. The van der Waals surface area contributed by atoms with Crippen LogP contribution in [-0.4, -0.2) is 19.3 Å². The third-order valence-corrected chi connectivity index (χ3v) is 2.17. The van der Waals surface area contributed by atoms with E-state index in [1.54, 1.807) is 12.1 Å². The second-order valence-electron chi connectivity index (χ2n) is 3.80. The van der Waals surface area contributed by atoms with Gasteiger partial charge in [-0.1, -0.05) is 24.6 Å². The summed E-state index contributed by atoms with van der Waals surface area (Å²) < 4.78 is 41.0. The van der Waals surface area contributed by atoms with Crippen LogP contribution in [0.2, 0.25) is 0 Å². The fourth-order valence-electron chi connectivity index (χ4n) is 1.41. The van der Waals surface area contributed by atoms with E-state index in [2.05, 4.69) is 5.32 Å². The number of benzene rings is 1. The topological polar surface area (TPSA) is 21.3 Å². The number of rotatable bonds is 5. The van der Waals surface area contributed by atoms with E-state index in [0.29, 0.717) is 6.54 Å². The molecule has 0 aliphatic heterocycles. The van der Waals surface area contributed by atoms with E-state index >= 15 is 0 Å². The van der Waals surface area contributed by atoms with Crippen molar-refractivity contribution in [2.45, 2.75) is 26.6 Å². The predicted octanol–water partition coefficient (Wildman–Crippen LogP) is 3.05. The van der Waals surface area contributed by atoms with E-state index in [9.17, 15) is 13.2 Å². The van der Waals surface area contributed by atoms with Crippen molar-refractivity contribution in [3.8, 4) is 5.75 Å². The maximum atomic E-state index is 12.1. The first kappa shape index (κ1) is 13.8. The molecule has 2 nitrogen and oxygen atoms in total. The highest BCUT2D eigenvalue weighted by Crippen LogP contribution is 2.23. The van der Waals surface area contributed by atoms with Crippen molar-refractivity contribution in [2.24, 2.45) is 0 Å². The highest BCUT2D eigenvalue weighted by Gasteiger charge is 2.28. The minimum Gasteiger partial charge on any atom is -0.484 e. The number of hydrogen-bond acceptors (Lipinski definition) is 2. The molecule has 0 radical (unpaired) electrons. The molecule has 1 aromatic rings. The molecule has 1 rings (SSSR count). The molecule has 0 spiro atoms. The first-order valence-electron chi connectivity index (χ1n) is 5.42. The second kappa shape index (κ2) is 5.91. The zero-order valence-electron chi connectivity index (χ0n) is 9.90. The van der Waals surface area contributed by atoms with Crippen molar-refractivity contribution >= 4 is 0 Å². The SMILES string of the molecule is CCNCc1cc(C)ccc1OCC(F)(F)F. The van der Waals surface area contributed by atoms with Gasteiger partial charge in [0.1, 0.15) is 5.75 Å². The van der Waals surface area contributed by atoms with Crippen LogP contribution in [0, 0.1) is 6.92 Å². The summed E-state index contributed by atoms with van der Waals surface area (Å²) in [5, 5.41) is 3.07. The lowest BCUT2D eigenvalue weighted by Gasteiger charge is -2.14. The lowest BCUT2D eigenvalue weighted by Crippen LogP contribution is -2.20. The van der Waals surface area contributed by atoms with Crippen LogP contribution in [0.25, 0.3) is 0 Å². The summed E-state index contributed by atoms with van der Waals surface area (Å²) in [5.74, 6) is 0.286. The van der Waals surface area contributed by atoms with Gasteiger partial charge in [-0.2, -0.15) is 13.2 Å². The maximum absolute atomic E-state index is 12.1. The smallest absolute Gasteiger partial charge is 0.422 e. The summed E-state index contributed by atoms with van der Waals surface area (Å²) in [5.41, 5.74) is 1.74. The number of alkyl halides is 3. The Balaban J connectivity index is 2.75. The average Bonchev–Trinajstić information content (AvgIpc) is 2.23. The lowest BCUT2D eigenvalue weighted by molar-refractivity contribution is -0.153. The van der Waals surface area contributed by atoms with Gasteiger partial charge in [0.2, 0.25) is 0 Å². The fourth-order valence-corrected chi connectivity index (χ4v) is 1.41. The Morgan fingerprint density at radius 2 is 2.00 bits per heavy atom. The van der Waals surface area contributed by atoms with E-state index in [-0.39, 0.29) is 5.75 Å². The number of aryl methyl sites for hydroxylation is 1. The Kier molecular flexibility index (Phi) is 4.81. The molecule has 96 valence electrons. The summed E-state index contributed by atoms with van der Waals surface area (Å²) in [7, 11) is 0. The fraction of sp³-hybridized carbons (Fsp3) is 0.500. The Morgan fingerprint density at radius 3 is 2.59 bits per heavy atom. The molecule has 0 fully saturated rings. The van der Waals surface area contributed by atoms with E-state index in [1.807, 2.05) is 19.9 Å². The molecule has 0 saturated carbocycles. The monoisotopic (exact) mass is 247 g/mol. The standard InChI is InChI=1S/C12H16F3NO/c1-3-16-7-10-6-9(2)4-5-11(10)17-8-12(13,14)15/h4-6,16H,3,7-8H2,1-2H3. The van der Waals surface area contributed by atoms with Crippen molar-refractivity contribution < 1.29 is 17.9 Å². The van der Waals surface area contributed by atoms with Gasteiger partial charge in [-0.05, 0) is 19.5 Å². The van der Waals surface area contributed by atoms with Crippen LogP contribution in [0.3, 0.4) is 0 Å². The summed E-state index contributed by atoms with van der Waals surface area (Å²) in [6.45, 7) is 3.84. The minimum absolute atomic E-state index is 0.286. The minimum atomic E-state index is -4.31. The van der Waals surface area contributed by atoms with Gasteiger partial charge in [0.25, 0.3) is 0 Å². The van der Waals surface area contributed by atoms with E-state index in [1.165, 1.54) is 0 Å². The van der Waals surface area contributed by atoms with Crippen LogP contribution in [-0.2, 0) is 6.54 Å². The first-order chi connectivity index (χ1) is 7.92. The first-order valence-corrected chi connectivity index (χ1v) is 5.42. The molecule has 0 bridgehead atoms. The van der Waals surface area contributed by atoms with Gasteiger partial charge < -0.3 is 10.1 Å². The van der Waals surface area contributed by atoms with Crippen LogP contribution in [0.5, 0.6) is 5.75 Å². The number of halogens is 3. The van der Waals surface area contributed by atoms with E-state index in [0.717, 1.165) is 17.7 Å². The van der Waals surface area contributed by atoms with Gasteiger partial charge in [-0.25, -0.2) is 0 Å². The Morgan fingerprint density at radius 1 is 1.29 bits per heavy atom. The number of ether oxygens (including phenoxy) is 1. The third-order valence-electron chi connectivity index (χ3n) is 2.17. The number of hydrogen-bond donors (Lipinski definition) is 1. The molecule has 0 aliphatic carbocycles. The molecule has 0 atom stereocenters. The Labute approximate surface area is 98.8 Å². The van der Waals surface area contributed by atoms with Crippen molar-refractivity contribution in [1.82, 2.24) is 5.32 Å². The number of nitrogens with one attached hydrogen (secondary N) is 1. The van der Waals surface area contributed by atoms with E-state index < -0.39 is 12.8 Å². The van der Waals surface area contributed by atoms with Crippen LogP contribution < -0.4 is 10.1 Å². The quantitative estimate of drug-likeness (QED) is 0.863. The van der Waals surface area contributed by atoms with Gasteiger partial charge in [0.05, 0.1) is 0 Å². The summed E-state index contributed by atoms with van der Waals surface area (Å²) in [6, 6.07) is 5.14. The molecule has 1 aromatic carbocycles. The van der Waals surface area contributed by atoms with Crippen molar-refractivity contribution in [2.75, 3.05) is 13.2 Å². The summed E-state index contributed by atoms with van der Waals surface area (Å²) in [6.07, 6.45) is -4.31. The molecule has 0 aromatic heterocycles.